The van der Waals surface area contributed by atoms with Gasteiger partial charge < -0.3 is 14.3 Å². The zero-order chi connectivity index (χ0) is 16.6. The van der Waals surface area contributed by atoms with E-state index in [1.165, 1.54) is 6.07 Å². The van der Waals surface area contributed by atoms with Crippen LogP contribution in [0.15, 0.2) is 21.3 Å². The Bertz CT molecular complexity index is 749. The predicted molar refractivity (Wildman–Crippen MR) is 80.8 cm³/mol. The Morgan fingerprint density at radius 2 is 1.95 bits per heavy atom. The Balaban J connectivity index is 2.65. The highest BCUT2D eigenvalue weighted by Gasteiger charge is 2.23. The molecule has 0 spiro atoms. The maximum atomic E-state index is 14.2. The SMILES string of the molecule is CC(C)Oc1cc(-n2c(O)c(C(C)C)oc2=O)c(F)cc1Cl. The molecule has 1 heterocycles. The molecule has 5 nitrogen and oxygen atoms in total. The van der Waals surface area contributed by atoms with E-state index >= 15 is 0 Å². The predicted octanol–water partition coefficient (Wildman–Crippen LogP) is 3.84. The molecule has 2 aromatic rings. The summed E-state index contributed by atoms with van der Waals surface area (Å²) in [5, 5.41) is 10.2. The lowest BCUT2D eigenvalue weighted by Gasteiger charge is -2.13. The Hall–Kier alpha value is -1.95. The van der Waals surface area contributed by atoms with Crippen LogP contribution in [0.5, 0.6) is 11.6 Å². The fourth-order valence-corrected chi connectivity index (χ4v) is 2.20. The third-order valence-electron chi connectivity index (χ3n) is 2.94. The van der Waals surface area contributed by atoms with E-state index in [0.29, 0.717) is 0 Å². The van der Waals surface area contributed by atoms with Crippen molar-refractivity contribution in [1.82, 2.24) is 4.57 Å². The van der Waals surface area contributed by atoms with E-state index in [1.807, 2.05) is 0 Å². The quantitative estimate of drug-likeness (QED) is 0.925. The summed E-state index contributed by atoms with van der Waals surface area (Å²) in [7, 11) is 0. The first-order valence-electron chi connectivity index (χ1n) is 6.83. The van der Waals surface area contributed by atoms with Gasteiger partial charge in [0.05, 0.1) is 16.8 Å². The zero-order valence-electron chi connectivity index (χ0n) is 12.7. The van der Waals surface area contributed by atoms with Gasteiger partial charge in [0.25, 0.3) is 0 Å². The van der Waals surface area contributed by atoms with Gasteiger partial charge in [-0.05, 0) is 19.9 Å². The van der Waals surface area contributed by atoms with Crippen LogP contribution >= 0.6 is 11.6 Å². The normalized spacial score (nSPS) is 11.5. The summed E-state index contributed by atoms with van der Waals surface area (Å²) in [6.45, 7) is 7.07. The Morgan fingerprint density at radius 3 is 2.45 bits per heavy atom. The van der Waals surface area contributed by atoms with Crippen molar-refractivity contribution in [2.45, 2.75) is 39.7 Å². The van der Waals surface area contributed by atoms with Crippen LogP contribution in [0.25, 0.3) is 5.69 Å². The number of hydrogen-bond donors (Lipinski definition) is 1. The molecule has 0 aliphatic carbocycles. The van der Waals surface area contributed by atoms with Crippen LogP contribution in [-0.4, -0.2) is 15.8 Å². The van der Waals surface area contributed by atoms with Crippen molar-refractivity contribution in [3.05, 3.63) is 39.3 Å². The number of hydrogen-bond acceptors (Lipinski definition) is 4. The average Bonchev–Trinajstić information content (AvgIpc) is 2.68. The van der Waals surface area contributed by atoms with Gasteiger partial charge in [-0.2, -0.15) is 0 Å². The molecule has 1 N–H and O–H groups in total. The fraction of sp³-hybridized carbons (Fsp3) is 0.400. The molecule has 0 bridgehead atoms. The molecule has 0 unspecified atom stereocenters. The molecule has 0 amide bonds. The second-order valence-corrected chi connectivity index (χ2v) is 5.85. The minimum atomic E-state index is -0.877. The number of aromatic hydroxyl groups is 1. The summed E-state index contributed by atoms with van der Waals surface area (Å²) in [4.78, 5) is 11.9. The maximum absolute atomic E-state index is 14.2. The molecule has 0 radical (unpaired) electrons. The van der Waals surface area contributed by atoms with E-state index in [1.54, 1.807) is 27.7 Å². The molecule has 7 heteroatoms. The topological polar surface area (TPSA) is 64.6 Å². The van der Waals surface area contributed by atoms with Crippen LogP contribution in [0.1, 0.15) is 39.4 Å². The van der Waals surface area contributed by atoms with Crippen LogP contribution in [-0.2, 0) is 0 Å². The minimum absolute atomic E-state index is 0.0788. The third kappa shape index (κ3) is 2.97. The monoisotopic (exact) mass is 329 g/mol. The highest BCUT2D eigenvalue weighted by molar-refractivity contribution is 6.32. The average molecular weight is 330 g/mol. The summed E-state index contributed by atoms with van der Waals surface area (Å²) in [5.41, 5.74) is -0.182. The highest BCUT2D eigenvalue weighted by Crippen LogP contribution is 2.33. The van der Waals surface area contributed by atoms with Gasteiger partial charge in [0.1, 0.15) is 11.6 Å². The van der Waals surface area contributed by atoms with E-state index in [2.05, 4.69) is 0 Å². The van der Waals surface area contributed by atoms with Gasteiger partial charge in [0.15, 0.2) is 5.76 Å². The Labute approximate surface area is 131 Å². The summed E-state index contributed by atoms with van der Waals surface area (Å²) in [6, 6.07) is 2.29. The minimum Gasteiger partial charge on any atom is -0.492 e. The molecular weight excluding hydrogens is 313 g/mol. The van der Waals surface area contributed by atoms with Crippen molar-refractivity contribution in [3.8, 4) is 17.3 Å². The maximum Gasteiger partial charge on any atom is 0.426 e. The van der Waals surface area contributed by atoms with Gasteiger partial charge in [-0.15, -0.1) is 0 Å². The van der Waals surface area contributed by atoms with Crippen LogP contribution in [0.4, 0.5) is 4.39 Å². The van der Waals surface area contributed by atoms with Gasteiger partial charge in [-0.1, -0.05) is 25.4 Å². The lowest BCUT2D eigenvalue weighted by molar-refractivity contribution is 0.242. The molecule has 0 atom stereocenters. The lowest BCUT2D eigenvalue weighted by atomic mass is 10.2. The smallest absolute Gasteiger partial charge is 0.426 e. The molecule has 0 saturated carbocycles. The van der Waals surface area contributed by atoms with Gasteiger partial charge in [0.2, 0.25) is 5.88 Å². The second kappa shape index (κ2) is 6.04. The number of halogens is 2. The molecule has 1 aromatic carbocycles. The van der Waals surface area contributed by atoms with E-state index in [0.717, 1.165) is 10.6 Å². The standard InChI is InChI=1S/C15H17ClFNO4/c1-7(2)13-14(19)18(15(20)22-13)11-6-12(21-8(3)4)9(16)5-10(11)17/h5-8,19H,1-4H3. The van der Waals surface area contributed by atoms with Crippen molar-refractivity contribution in [3.63, 3.8) is 0 Å². The number of nitrogens with zero attached hydrogens (tertiary/aromatic N) is 1. The molecule has 0 fully saturated rings. The van der Waals surface area contributed by atoms with Crippen LogP contribution in [0.2, 0.25) is 5.02 Å². The molecule has 0 aliphatic heterocycles. The van der Waals surface area contributed by atoms with Gasteiger partial charge in [0, 0.05) is 12.0 Å². The van der Waals surface area contributed by atoms with Gasteiger partial charge in [-0.3, -0.25) is 0 Å². The highest BCUT2D eigenvalue weighted by atomic mass is 35.5. The summed E-state index contributed by atoms with van der Waals surface area (Å²) >= 11 is 5.93. The first-order valence-corrected chi connectivity index (χ1v) is 7.21. The van der Waals surface area contributed by atoms with Crippen LogP contribution < -0.4 is 10.5 Å². The number of oxazole rings is 1. The first kappa shape index (κ1) is 16.4. The Kier molecular flexibility index (Phi) is 4.51. The van der Waals surface area contributed by atoms with E-state index < -0.39 is 17.5 Å². The van der Waals surface area contributed by atoms with Crippen molar-refractivity contribution in [2.24, 2.45) is 0 Å². The van der Waals surface area contributed by atoms with Crippen molar-refractivity contribution in [2.75, 3.05) is 0 Å². The summed E-state index contributed by atoms with van der Waals surface area (Å²) < 4.78 is 25.4. The van der Waals surface area contributed by atoms with E-state index in [-0.39, 0.29) is 34.2 Å². The lowest BCUT2D eigenvalue weighted by Crippen LogP contribution is -2.14. The number of ether oxygens (including phenoxy) is 1. The van der Waals surface area contributed by atoms with Gasteiger partial charge in [-0.25, -0.2) is 13.8 Å². The summed E-state index contributed by atoms with van der Waals surface area (Å²) in [6.07, 6.45) is -0.184. The molecular formula is C15H17ClFNO4. The third-order valence-corrected chi connectivity index (χ3v) is 3.24. The van der Waals surface area contributed by atoms with Crippen LogP contribution in [0.3, 0.4) is 0 Å². The van der Waals surface area contributed by atoms with Crippen molar-refractivity contribution >= 4 is 11.6 Å². The zero-order valence-corrected chi connectivity index (χ0v) is 13.4. The van der Waals surface area contributed by atoms with Crippen molar-refractivity contribution < 1.29 is 18.7 Å². The number of aromatic nitrogens is 1. The molecule has 2 rings (SSSR count). The molecule has 120 valence electrons. The Morgan fingerprint density at radius 1 is 1.32 bits per heavy atom. The molecule has 0 aliphatic rings. The largest absolute Gasteiger partial charge is 0.492 e. The first-order chi connectivity index (χ1) is 10.2. The number of benzene rings is 1. The molecule has 22 heavy (non-hydrogen) atoms. The number of rotatable bonds is 4. The molecule has 0 saturated heterocycles. The fourth-order valence-electron chi connectivity index (χ4n) is 2.00. The molecule has 1 aromatic heterocycles. The van der Waals surface area contributed by atoms with E-state index in [4.69, 9.17) is 20.8 Å². The second-order valence-electron chi connectivity index (χ2n) is 5.45. The van der Waals surface area contributed by atoms with Crippen LogP contribution in [0, 0.1) is 5.82 Å². The summed E-state index contributed by atoms with van der Waals surface area (Å²) in [5.74, 6) is -2.00. The van der Waals surface area contributed by atoms with E-state index in [9.17, 15) is 14.3 Å². The van der Waals surface area contributed by atoms with Gasteiger partial charge >= 0.3 is 5.76 Å². The van der Waals surface area contributed by atoms with Crippen molar-refractivity contribution in [1.29, 1.82) is 0 Å².